The van der Waals surface area contributed by atoms with Crippen LogP contribution in [-0.2, 0) is 9.53 Å². The van der Waals surface area contributed by atoms with Gasteiger partial charge in [0.15, 0.2) is 0 Å². The van der Waals surface area contributed by atoms with Gasteiger partial charge in [0.25, 0.3) is 0 Å². The van der Waals surface area contributed by atoms with Crippen molar-refractivity contribution in [3.8, 4) is 0 Å². The Balaban J connectivity index is 2.77. The SMILES string of the molecule is CCOC(=O)C=Cc1cccc(C(=O)O)c1. The van der Waals surface area contributed by atoms with Crippen molar-refractivity contribution in [2.45, 2.75) is 6.92 Å². The van der Waals surface area contributed by atoms with Gasteiger partial charge < -0.3 is 9.84 Å². The van der Waals surface area contributed by atoms with Crippen LogP contribution in [0.25, 0.3) is 6.08 Å². The molecular weight excluding hydrogens is 208 g/mol. The lowest BCUT2D eigenvalue weighted by Crippen LogP contribution is -1.99. The van der Waals surface area contributed by atoms with Crippen LogP contribution in [-0.4, -0.2) is 23.7 Å². The maximum Gasteiger partial charge on any atom is 0.335 e. The second-order valence-electron chi connectivity index (χ2n) is 3.02. The van der Waals surface area contributed by atoms with Gasteiger partial charge in [0.1, 0.15) is 0 Å². The highest BCUT2D eigenvalue weighted by molar-refractivity contribution is 5.90. The Kier molecular flexibility index (Phi) is 4.27. The number of hydrogen-bond donors (Lipinski definition) is 1. The maximum atomic E-state index is 11.0. The topological polar surface area (TPSA) is 63.6 Å². The van der Waals surface area contributed by atoms with Gasteiger partial charge in [-0.3, -0.25) is 0 Å². The minimum absolute atomic E-state index is 0.186. The summed E-state index contributed by atoms with van der Waals surface area (Å²) in [5, 5.41) is 8.76. The summed E-state index contributed by atoms with van der Waals surface area (Å²) in [6, 6.07) is 6.30. The third kappa shape index (κ3) is 3.57. The van der Waals surface area contributed by atoms with Crippen molar-refractivity contribution in [1.29, 1.82) is 0 Å². The van der Waals surface area contributed by atoms with Crippen molar-refractivity contribution in [1.82, 2.24) is 0 Å². The molecule has 0 fully saturated rings. The van der Waals surface area contributed by atoms with Crippen LogP contribution >= 0.6 is 0 Å². The molecule has 1 N–H and O–H groups in total. The summed E-state index contributed by atoms with van der Waals surface area (Å²) < 4.78 is 4.70. The van der Waals surface area contributed by atoms with Crippen molar-refractivity contribution in [2.75, 3.05) is 6.61 Å². The van der Waals surface area contributed by atoms with Crippen LogP contribution in [0.1, 0.15) is 22.8 Å². The Labute approximate surface area is 93.2 Å². The first-order chi connectivity index (χ1) is 7.63. The molecule has 1 aromatic carbocycles. The number of hydrogen-bond acceptors (Lipinski definition) is 3. The van der Waals surface area contributed by atoms with Crippen LogP contribution in [0.5, 0.6) is 0 Å². The average Bonchev–Trinajstić information content (AvgIpc) is 2.27. The molecule has 0 atom stereocenters. The van der Waals surface area contributed by atoms with Gasteiger partial charge in [0.2, 0.25) is 0 Å². The second-order valence-corrected chi connectivity index (χ2v) is 3.02. The van der Waals surface area contributed by atoms with Crippen molar-refractivity contribution in [3.63, 3.8) is 0 Å². The number of carbonyl (C=O) groups excluding carboxylic acids is 1. The summed E-state index contributed by atoms with van der Waals surface area (Å²) in [7, 11) is 0. The predicted octanol–water partition coefficient (Wildman–Crippen LogP) is 1.96. The normalized spacial score (nSPS) is 10.3. The van der Waals surface area contributed by atoms with E-state index in [-0.39, 0.29) is 5.56 Å². The lowest BCUT2D eigenvalue weighted by molar-refractivity contribution is -0.137. The fourth-order valence-corrected chi connectivity index (χ4v) is 1.13. The molecule has 0 spiro atoms. The molecule has 84 valence electrons. The first-order valence-electron chi connectivity index (χ1n) is 4.81. The zero-order valence-corrected chi connectivity index (χ0v) is 8.84. The first kappa shape index (κ1) is 12.0. The summed E-state index contributed by atoms with van der Waals surface area (Å²) in [6.07, 6.45) is 2.79. The van der Waals surface area contributed by atoms with E-state index in [2.05, 4.69) is 0 Å². The summed E-state index contributed by atoms with van der Waals surface area (Å²) in [5.74, 6) is -1.44. The van der Waals surface area contributed by atoms with E-state index in [9.17, 15) is 9.59 Å². The third-order valence-corrected chi connectivity index (χ3v) is 1.83. The van der Waals surface area contributed by atoms with Gasteiger partial charge in [0.05, 0.1) is 12.2 Å². The minimum atomic E-state index is -0.994. The first-order valence-corrected chi connectivity index (χ1v) is 4.81. The van der Waals surface area contributed by atoms with Crippen molar-refractivity contribution < 1.29 is 19.4 Å². The molecule has 0 bridgehead atoms. The molecule has 16 heavy (non-hydrogen) atoms. The summed E-state index contributed by atoms with van der Waals surface area (Å²) >= 11 is 0. The van der Waals surface area contributed by atoms with E-state index in [1.807, 2.05) is 0 Å². The number of esters is 1. The van der Waals surface area contributed by atoms with E-state index in [4.69, 9.17) is 9.84 Å². The zero-order valence-electron chi connectivity index (χ0n) is 8.84. The number of benzene rings is 1. The Morgan fingerprint density at radius 2 is 2.19 bits per heavy atom. The fraction of sp³-hybridized carbons (Fsp3) is 0.167. The standard InChI is InChI=1S/C12H12O4/c1-2-16-11(13)7-6-9-4-3-5-10(8-9)12(14)15/h3-8H,2H2,1H3,(H,14,15). The molecule has 0 unspecified atom stereocenters. The summed E-state index contributed by atoms with van der Waals surface area (Å²) in [5.41, 5.74) is 0.832. The monoisotopic (exact) mass is 220 g/mol. The highest BCUT2D eigenvalue weighted by atomic mass is 16.5. The Morgan fingerprint density at radius 3 is 2.81 bits per heavy atom. The maximum absolute atomic E-state index is 11.0. The van der Waals surface area contributed by atoms with Crippen molar-refractivity contribution in [3.05, 3.63) is 41.5 Å². The van der Waals surface area contributed by atoms with Crippen molar-refractivity contribution >= 4 is 18.0 Å². The number of carboxylic acid groups (broad SMARTS) is 1. The largest absolute Gasteiger partial charge is 0.478 e. The van der Waals surface area contributed by atoms with E-state index >= 15 is 0 Å². The smallest absolute Gasteiger partial charge is 0.335 e. The molecule has 4 nitrogen and oxygen atoms in total. The van der Waals surface area contributed by atoms with E-state index < -0.39 is 11.9 Å². The average molecular weight is 220 g/mol. The van der Waals surface area contributed by atoms with E-state index in [1.54, 1.807) is 19.1 Å². The number of ether oxygens (including phenoxy) is 1. The van der Waals surface area contributed by atoms with Crippen molar-refractivity contribution in [2.24, 2.45) is 0 Å². The van der Waals surface area contributed by atoms with Gasteiger partial charge in [-0.05, 0) is 30.7 Å². The quantitative estimate of drug-likeness (QED) is 0.622. The lowest BCUT2D eigenvalue weighted by Gasteiger charge is -1.97. The third-order valence-electron chi connectivity index (χ3n) is 1.83. The van der Waals surface area contributed by atoms with Crippen LogP contribution < -0.4 is 0 Å². The highest BCUT2D eigenvalue weighted by Crippen LogP contribution is 2.07. The van der Waals surface area contributed by atoms with Crippen LogP contribution in [0.15, 0.2) is 30.3 Å². The predicted molar refractivity (Wildman–Crippen MR) is 59.1 cm³/mol. The van der Waals surface area contributed by atoms with Gasteiger partial charge in [0, 0.05) is 6.08 Å². The lowest BCUT2D eigenvalue weighted by atomic mass is 10.1. The molecule has 1 aromatic rings. The number of carboxylic acids is 1. The highest BCUT2D eigenvalue weighted by Gasteiger charge is 2.01. The van der Waals surface area contributed by atoms with Crippen LogP contribution in [0, 0.1) is 0 Å². The molecule has 0 aliphatic rings. The van der Waals surface area contributed by atoms with E-state index in [0.717, 1.165) is 0 Å². The Bertz CT molecular complexity index is 421. The van der Waals surface area contributed by atoms with E-state index in [0.29, 0.717) is 12.2 Å². The van der Waals surface area contributed by atoms with Gasteiger partial charge in [-0.15, -0.1) is 0 Å². The fourth-order valence-electron chi connectivity index (χ4n) is 1.13. The summed E-state index contributed by atoms with van der Waals surface area (Å²) in [6.45, 7) is 2.04. The molecule has 0 aromatic heterocycles. The number of carbonyl (C=O) groups is 2. The molecule has 0 radical (unpaired) electrons. The molecule has 0 aliphatic heterocycles. The molecule has 0 heterocycles. The molecule has 0 aliphatic carbocycles. The Morgan fingerprint density at radius 1 is 1.44 bits per heavy atom. The molecule has 0 amide bonds. The van der Waals surface area contributed by atoms with Crippen LogP contribution in [0.4, 0.5) is 0 Å². The Hall–Kier alpha value is -2.10. The van der Waals surface area contributed by atoms with Crippen LogP contribution in [0.3, 0.4) is 0 Å². The minimum Gasteiger partial charge on any atom is -0.478 e. The molecule has 4 heteroatoms. The van der Waals surface area contributed by atoms with Gasteiger partial charge >= 0.3 is 11.9 Å². The van der Waals surface area contributed by atoms with Gasteiger partial charge in [-0.25, -0.2) is 9.59 Å². The molecule has 0 saturated heterocycles. The van der Waals surface area contributed by atoms with Crippen LogP contribution in [0.2, 0.25) is 0 Å². The summed E-state index contributed by atoms with van der Waals surface area (Å²) in [4.78, 5) is 21.7. The number of aromatic carboxylic acids is 1. The van der Waals surface area contributed by atoms with E-state index in [1.165, 1.54) is 24.3 Å². The van der Waals surface area contributed by atoms with Gasteiger partial charge in [-0.2, -0.15) is 0 Å². The molecule has 0 saturated carbocycles. The number of rotatable bonds is 4. The molecule has 1 rings (SSSR count). The zero-order chi connectivity index (χ0) is 12.0. The molecular formula is C12H12O4. The second kappa shape index (κ2) is 5.70. The van der Waals surface area contributed by atoms with Gasteiger partial charge in [-0.1, -0.05) is 12.1 Å².